The third-order valence-corrected chi connectivity index (χ3v) is 8.18. The standard InChI is InChI=1S/C34H38N2O5S/c1-33(2,3)28-19-23(20-29(32(28)38)34(4,5)6)15-18-31(37)36-35-22-26-13-9-10-14-30(26)41-42(39,40)27-17-16-24-11-7-8-12-25(24)21-27/h7-14,16-17,19-22,38H,15,18H2,1-6H3,(H,36,37)/b35-22-. The van der Waals surface area contributed by atoms with Gasteiger partial charge in [-0.3, -0.25) is 4.79 Å². The van der Waals surface area contributed by atoms with Gasteiger partial charge in [-0.1, -0.05) is 96.1 Å². The molecule has 0 atom stereocenters. The summed E-state index contributed by atoms with van der Waals surface area (Å²) in [5.41, 5.74) is 5.04. The van der Waals surface area contributed by atoms with Crippen molar-refractivity contribution in [2.24, 2.45) is 5.10 Å². The molecule has 4 rings (SSSR count). The molecule has 0 saturated heterocycles. The molecule has 4 aromatic rings. The Balaban J connectivity index is 1.44. The molecule has 0 radical (unpaired) electrons. The molecule has 0 heterocycles. The predicted octanol–water partition coefficient (Wildman–Crippen LogP) is 6.99. The molecule has 2 N–H and O–H groups in total. The number of hydrogen-bond acceptors (Lipinski definition) is 6. The molecule has 1 amide bonds. The monoisotopic (exact) mass is 586 g/mol. The molecule has 42 heavy (non-hydrogen) atoms. The van der Waals surface area contributed by atoms with Gasteiger partial charge in [0, 0.05) is 12.0 Å². The fourth-order valence-corrected chi connectivity index (χ4v) is 5.61. The summed E-state index contributed by atoms with van der Waals surface area (Å²) in [6.07, 6.45) is 2.01. The number of phenols is 1. The maximum Gasteiger partial charge on any atom is 0.339 e. The second-order valence-electron chi connectivity index (χ2n) is 12.4. The number of rotatable bonds is 8. The zero-order chi connectivity index (χ0) is 30.7. The van der Waals surface area contributed by atoms with Crippen molar-refractivity contribution in [2.45, 2.75) is 70.1 Å². The first-order valence-corrected chi connectivity index (χ1v) is 15.3. The van der Waals surface area contributed by atoms with Crippen molar-refractivity contribution in [3.05, 3.63) is 101 Å². The molecule has 0 aliphatic rings. The van der Waals surface area contributed by atoms with Gasteiger partial charge in [-0.25, -0.2) is 5.43 Å². The van der Waals surface area contributed by atoms with Gasteiger partial charge in [0.05, 0.1) is 6.21 Å². The van der Waals surface area contributed by atoms with E-state index in [1.807, 2.05) is 77.9 Å². The number of carbonyl (C=O) groups is 1. The lowest BCUT2D eigenvalue weighted by Crippen LogP contribution is -2.20. The van der Waals surface area contributed by atoms with E-state index in [0.717, 1.165) is 27.5 Å². The number of hydrazone groups is 1. The number of nitrogens with zero attached hydrogens (tertiary/aromatic N) is 1. The number of aromatic hydroxyl groups is 1. The zero-order valence-corrected chi connectivity index (χ0v) is 25.7. The van der Waals surface area contributed by atoms with Gasteiger partial charge in [-0.2, -0.15) is 13.5 Å². The van der Waals surface area contributed by atoms with E-state index < -0.39 is 10.1 Å². The first kappa shape index (κ1) is 30.8. The molecule has 8 heteroatoms. The summed E-state index contributed by atoms with van der Waals surface area (Å²) in [6.45, 7) is 12.3. The summed E-state index contributed by atoms with van der Waals surface area (Å²) in [5.74, 6) is 0.101. The highest BCUT2D eigenvalue weighted by Crippen LogP contribution is 2.40. The van der Waals surface area contributed by atoms with E-state index in [1.165, 1.54) is 18.3 Å². The lowest BCUT2D eigenvalue weighted by Gasteiger charge is -2.28. The fraction of sp³-hybridized carbons (Fsp3) is 0.294. The predicted molar refractivity (Wildman–Crippen MR) is 168 cm³/mol. The van der Waals surface area contributed by atoms with E-state index >= 15 is 0 Å². The van der Waals surface area contributed by atoms with Gasteiger partial charge in [0.25, 0.3) is 0 Å². The summed E-state index contributed by atoms with van der Waals surface area (Å²) in [5, 5.41) is 16.7. The van der Waals surface area contributed by atoms with Gasteiger partial charge in [-0.05, 0) is 69.0 Å². The van der Waals surface area contributed by atoms with Crippen molar-refractivity contribution in [1.29, 1.82) is 0 Å². The first-order chi connectivity index (χ1) is 19.6. The molecule has 7 nitrogen and oxygen atoms in total. The van der Waals surface area contributed by atoms with Gasteiger partial charge in [-0.15, -0.1) is 0 Å². The van der Waals surface area contributed by atoms with Crippen LogP contribution in [0.1, 0.15) is 70.2 Å². The number of aryl methyl sites for hydroxylation is 1. The van der Waals surface area contributed by atoms with Gasteiger partial charge < -0.3 is 9.29 Å². The molecule has 0 saturated carbocycles. The topological polar surface area (TPSA) is 105 Å². The second-order valence-corrected chi connectivity index (χ2v) is 14.0. The van der Waals surface area contributed by atoms with Crippen LogP contribution in [0.4, 0.5) is 0 Å². The largest absolute Gasteiger partial charge is 0.507 e. The van der Waals surface area contributed by atoms with Gasteiger partial charge >= 0.3 is 10.1 Å². The normalized spacial score (nSPS) is 12.5. The Morgan fingerprint density at radius 3 is 2.10 bits per heavy atom. The fourth-order valence-electron chi connectivity index (χ4n) is 4.62. The number of phenolic OH excluding ortho intramolecular Hbond substituents is 1. The molecule has 0 unspecified atom stereocenters. The van der Waals surface area contributed by atoms with Crippen LogP contribution in [0.2, 0.25) is 0 Å². The number of amides is 1. The molecule has 0 aromatic heterocycles. The Kier molecular flexibility index (Phi) is 8.78. The van der Waals surface area contributed by atoms with E-state index in [9.17, 15) is 18.3 Å². The van der Waals surface area contributed by atoms with Crippen LogP contribution in [0, 0.1) is 0 Å². The smallest absolute Gasteiger partial charge is 0.339 e. The lowest BCUT2D eigenvalue weighted by molar-refractivity contribution is -0.121. The van der Waals surface area contributed by atoms with Crippen molar-refractivity contribution < 1.29 is 22.5 Å². The number of fused-ring (bicyclic) bond motifs is 1. The lowest BCUT2D eigenvalue weighted by atomic mass is 9.78. The minimum absolute atomic E-state index is 0.0414. The summed E-state index contributed by atoms with van der Waals surface area (Å²) >= 11 is 0. The highest BCUT2D eigenvalue weighted by Gasteiger charge is 2.26. The summed E-state index contributed by atoms with van der Waals surface area (Å²) < 4.78 is 31.5. The van der Waals surface area contributed by atoms with Gasteiger partial charge in [0.2, 0.25) is 5.91 Å². The summed E-state index contributed by atoms with van der Waals surface area (Å²) in [7, 11) is -4.11. The number of para-hydroxylation sites is 1. The van der Waals surface area contributed by atoms with Crippen LogP contribution in [-0.2, 0) is 32.2 Å². The third kappa shape index (κ3) is 7.36. The molecule has 4 aromatic carbocycles. The Bertz CT molecular complexity index is 1710. The van der Waals surface area contributed by atoms with E-state index in [-0.39, 0.29) is 33.8 Å². The van der Waals surface area contributed by atoms with Crippen molar-refractivity contribution in [2.75, 3.05) is 0 Å². The maximum absolute atomic E-state index is 13.0. The Morgan fingerprint density at radius 1 is 0.857 bits per heavy atom. The van der Waals surface area contributed by atoms with Crippen molar-refractivity contribution >= 4 is 33.0 Å². The van der Waals surface area contributed by atoms with Crippen LogP contribution in [0.5, 0.6) is 11.5 Å². The van der Waals surface area contributed by atoms with Crippen molar-refractivity contribution in [3.63, 3.8) is 0 Å². The molecular weight excluding hydrogens is 548 g/mol. The summed E-state index contributed by atoms with van der Waals surface area (Å²) in [6, 6.07) is 22.8. The minimum atomic E-state index is -4.11. The number of nitrogens with one attached hydrogen (secondary N) is 1. The molecule has 0 spiro atoms. The minimum Gasteiger partial charge on any atom is -0.507 e. The Hall–Kier alpha value is -4.17. The highest BCUT2D eigenvalue weighted by molar-refractivity contribution is 7.87. The average Bonchev–Trinajstić information content (AvgIpc) is 2.91. The van der Waals surface area contributed by atoms with Crippen molar-refractivity contribution in [3.8, 4) is 11.5 Å². The molecule has 220 valence electrons. The van der Waals surface area contributed by atoms with Gasteiger partial charge in [0.1, 0.15) is 10.6 Å². The van der Waals surface area contributed by atoms with Crippen LogP contribution >= 0.6 is 0 Å². The zero-order valence-electron chi connectivity index (χ0n) is 24.9. The van der Waals surface area contributed by atoms with Crippen LogP contribution in [0.3, 0.4) is 0 Å². The quantitative estimate of drug-likeness (QED) is 0.132. The van der Waals surface area contributed by atoms with Gasteiger partial charge in [0.15, 0.2) is 5.75 Å². The first-order valence-electron chi connectivity index (χ1n) is 13.9. The SMILES string of the molecule is CC(C)(C)c1cc(CCC(=O)N/N=C\c2ccccc2OS(=O)(=O)c2ccc3ccccc3c2)cc(C(C)(C)C)c1O. The maximum atomic E-state index is 13.0. The number of benzene rings is 4. The van der Waals surface area contributed by atoms with Crippen LogP contribution in [0.25, 0.3) is 10.8 Å². The highest BCUT2D eigenvalue weighted by atomic mass is 32.2. The Morgan fingerprint density at radius 2 is 1.45 bits per heavy atom. The van der Waals surface area contributed by atoms with Crippen LogP contribution in [-0.4, -0.2) is 25.6 Å². The number of hydrogen-bond donors (Lipinski definition) is 2. The molecule has 0 aliphatic heterocycles. The second kappa shape index (κ2) is 12.0. The van der Waals surface area contributed by atoms with Crippen LogP contribution < -0.4 is 9.61 Å². The third-order valence-electron chi connectivity index (χ3n) is 6.95. The van der Waals surface area contributed by atoms with E-state index in [1.54, 1.807) is 30.3 Å². The Labute approximate surface area is 248 Å². The van der Waals surface area contributed by atoms with Crippen molar-refractivity contribution in [1.82, 2.24) is 5.43 Å². The van der Waals surface area contributed by atoms with E-state index in [0.29, 0.717) is 17.7 Å². The average molecular weight is 587 g/mol. The number of carbonyl (C=O) groups excluding carboxylic acids is 1. The van der Waals surface area contributed by atoms with Crippen LogP contribution in [0.15, 0.2) is 88.9 Å². The van der Waals surface area contributed by atoms with E-state index in [2.05, 4.69) is 10.5 Å². The molecule has 0 fully saturated rings. The van der Waals surface area contributed by atoms with E-state index in [4.69, 9.17) is 4.18 Å². The molecular formula is C34H38N2O5S. The summed E-state index contributed by atoms with van der Waals surface area (Å²) in [4.78, 5) is 12.7. The molecule has 0 bridgehead atoms. The molecule has 0 aliphatic carbocycles.